The minimum Gasteiger partial charge on any atom is -0.353 e. The van der Waals surface area contributed by atoms with Crippen molar-refractivity contribution in [2.24, 2.45) is 9.98 Å². The van der Waals surface area contributed by atoms with Crippen LogP contribution in [0.25, 0.3) is 0 Å². The van der Waals surface area contributed by atoms with Crippen LogP contribution in [0.1, 0.15) is 17.3 Å². The molecule has 6 nitrogen and oxygen atoms in total. The summed E-state index contributed by atoms with van der Waals surface area (Å²) in [6.45, 7) is 5.77. The van der Waals surface area contributed by atoms with Gasteiger partial charge in [-0.05, 0) is 19.1 Å². The van der Waals surface area contributed by atoms with Crippen molar-refractivity contribution in [3.05, 3.63) is 46.7 Å². The minimum atomic E-state index is -0.00783. The summed E-state index contributed by atoms with van der Waals surface area (Å²) in [4.78, 5) is 27.9. The number of nitrogens with zero attached hydrogens (tertiary/aromatic N) is 5. The lowest BCUT2D eigenvalue weighted by Crippen LogP contribution is -2.48. The molecule has 3 heterocycles. The first-order valence-electron chi connectivity index (χ1n) is 8.51. The summed E-state index contributed by atoms with van der Waals surface area (Å²) in [5, 5.41) is 0.503. The van der Waals surface area contributed by atoms with E-state index in [1.54, 1.807) is 12.1 Å². The fraction of sp³-hybridized carbons (Fsp3) is 0.389. The number of fused-ring (bicyclic) bond motifs is 1. The molecule has 0 aliphatic carbocycles. The third kappa shape index (κ3) is 3.02. The first-order valence-corrected chi connectivity index (χ1v) is 8.89. The van der Waals surface area contributed by atoms with Crippen molar-refractivity contribution in [3.63, 3.8) is 0 Å². The van der Waals surface area contributed by atoms with E-state index in [9.17, 15) is 4.79 Å². The van der Waals surface area contributed by atoms with Gasteiger partial charge in [-0.1, -0.05) is 23.7 Å². The Balaban J connectivity index is 1.41. The fourth-order valence-electron chi connectivity index (χ4n) is 3.30. The number of amides is 1. The molecule has 0 saturated carbocycles. The summed E-state index contributed by atoms with van der Waals surface area (Å²) in [6.07, 6.45) is 3.90. The maximum absolute atomic E-state index is 12.6. The Morgan fingerprint density at radius 1 is 1.20 bits per heavy atom. The number of rotatable bonds is 2. The number of carbonyl (C=O) groups is 1. The summed E-state index contributed by atoms with van der Waals surface area (Å²) >= 11 is 6.15. The Kier molecular flexibility index (Phi) is 4.21. The van der Waals surface area contributed by atoms with Crippen molar-refractivity contribution >= 4 is 29.7 Å². The van der Waals surface area contributed by atoms with Gasteiger partial charge in [0.15, 0.2) is 0 Å². The molecular formula is C18H20ClN5O. The Hall–Kier alpha value is -2.34. The van der Waals surface area contributed by atoms with E-state index in [2.05, 4.69) is 26.7 Å². The van der Waals surface area contributed by atoms with E-state index in [0.29, 0.717) is 29.7 Å². The number of halogens is 1. The molecule has 0 aromatic heterocycles. The number of hydrogen-bond acceptors (Lipinski definition) is 5. The van der Waals surface area contributed by atoms with E-state index in [1.165, 1.54) is 0 Å². The summed E-state index contributed by atoms with van der Waals surface area (Å²) in [5.74, 6) is 1.90. The molecule has 0 radical (unpaired) electrons. The molecule has 1 atom stereocenters. The summed E-state index contributed by atoms with van der Waals surface area (Å²) < 4.78 is 0. The summed E-state index contributed by atoms with van der Waals surface area (Å²) in [6, 6.07) is 7.58. The molecule has 1 amide bonds. The zero-order chi connectivity index (χ0) is 17.4. The van der Waals surface area contributed by atoms with Crippen LogP contribution >= 0.6 is 11.6 Å². The molecular weight excluding hydrogens is 338 g/mol. The lowest BCUT2D eigenvalue weighted by molar-refractivity contribution is 0.0668. The Bertz CT molecular complexity index is 779. The van der Waals surface area contributed by atoms with Crippen molar-refractivity contribution in [2.45, 2.75) is 13.0 Å². The quantitative estimate of drug-likeness (QED) is 0.814. The average molecular weight is 358 g/mol. The molecule has 3 aliphatic rings. The second-order valence-corrected chi connectivity index (χ2v) is 6.87. The SMILES string of the molecule is CC1CN=C2C=C(N3CCN(C(=O)c4ccccc4Cl)CC3)N=CN21. The molecule has 7 heteroatoms. The number of hydrogen-bond donors (Lipinski definition) is 0. The standard InChI is InChI=1S/C18H20ClN5O/c1-13-11-20-17-10-16(21-12-24(13)17)22-6-8-23(9-7-22)18(25)14-4-2-3-5-15(14)19/h2-5,10,12-13H,6-9,11H2,1H3. The molecule has 1 unspecified atom stereocenters. The van der Waals surface area contributed by atoms with E-state index in [0.717, 1.165) is 31.3 Å². The van der Waals surface area contributed by atoms with Crippen LogP contribution < -0.4 is 0 Å². The highest BCUT2D eigenvalue weighted by atomic mass is 35.5. The second-order valence-electron chi connectivity index (χ2n) is 6.46. The lowest BCUT2D eigenvalue weighted by atomic mass is 10.2. The first kappa shape index (κ1) is 16.1. The monoisotopic (exact) mass is 357 g/mol. The van der Waals surface area contributed by atoms with Crippen LogP contribution in [0.2, 0.25) is 5.02 Å². The predicted molar refractivity (Wildman–Crippen MR) is 99.1 cm³/mol. The lowest BCUT2D eigenvalue weighted by Gasteiger charge is -2.37. The molecule has 0 bridgehead atoms. The molecule has 1 fully saturated rings. The third-order valence-electron chi connectivity index (χ3n) is 4.82. The zero-order valence-corrected chi connectivity index (χ0v) is 14.9. The molecule has 0 N–H and O–H groups in total. The van der Waals surface area contributed by atoms with Gasteiger partial charge in [-0.3, -0.25) is 9.79 Å². The van der Waals surface area contributed by atoms with Gasteiger partial charge in [0.25, 0.3) is 5.91 Å². The highest BCUT2D eigenvalue weighted by Gasteiger charge is 2.28. The molecule has 0 spiro atoms. The van der Waals surface area contributed by atoms with Crippen LogP contribution in [0.5, 0.6) is 0 Å². The number of amidine groups is 1. The van der Waals surface area contributed by atoms with Crippen LogP contribution in [0.15, 0.2) is 46.1 Å². The zero-order valence-electron chi connectivity index (χ0n) is 14.1. The Morgan fingerprint density at radius 2 is 1.96 bits per heavy atom. The minimum absolute atomic E-state index is 0.00783. The van der Waals surface area contributed by atoms with Crippen LogP contribution in [-0.4, -0.2) is 71.5 Å². The number of aliphatic imine (C=N–C) groups is 2. The topological polar surface area (TPSA) is 51.5 Å². The van der Waals surface area contributed by atoms with Gasteiger partial charge in [0, 0.05) is 32.3 Å². The molecule has 1 saturated heterocycles. The van der Waals surface area contributed by atoms with Gasteiger partial charge in [0.2, 0.25) is 0 Å². The maximum Gasteiger partial charge on any atom is 0.255 e. The van der Waals surface area contributed by atoms with E-state index in [-0.39, 0.29) is 5.91 Å². The van der Waals surface area contributed by atoms with Gasteiger partial charge in [0.05, 0.1) is 29.5 Å². The Labute approximate surface area is 152 Å². The number of benzene rings is 1. The number of carbonyl (C=O) groups excluding carboxylic acids is 1. The number of piperazine rings is 1. The summed E-state index contributed by atoms with van der Waals surface area (Å²) in [5.41, 5.74) is 0.567. The third-order valence-corrected chi connectivity index (χ3v) is 5.15. The van der Waals surface area contributed by atoms with Crippen molar-refractivity contribution < 1.29 is 4.79 Å². The van der Waals surface area contributed by atoms with Crippen molar-refractivity contribution in [1.82, 2.24) is 14.7 Å². The molecule has 4 rings (SSSR count). The van der Waals surface area contributed by atoms with E-state index in [1.807, 2.05) is 29.4 Å². The molecule has 130 valence electrons. The van der Waals surface area contributed by atoms with Gasteiger partial charge < -0.3 is 14.7 Å². The molecule has 3 aliphatic heterocycles. The predicted octanol–water partition coefficient (Wildman–Crippen LogP) is 2.08. The van der Waals surface area contributed by atoms with E-state index < -0.39 is 0 Å². The van der Waals surface area contributed by atoms with E-state index in [4.69, 9.17) is 11.6 Å². The largest absolute Gasteiger partial charge is 0.353 e. The van der Waals surface area contributed by atoms with E-state index >= 15 is 0 Å². The van der Waals surface area contributed by atoms with Gasteiger partial charge in [-0.25, -0.2) is 4.99 Å². The van der Waals surface area contributed by atoms with Crippen LogP contribution in [0, 0.1) is 0 Å². The molecule has 25 heavy (non-hydrogen) atoms. The van der Waals surface area contributed by atoms with Crippen LogP contribution in [0.4, 0.5) is 0 Å². The van der Waals surface area contributed by atoms with Crippen LogP contribution in [0.3, 0.4) is 0 Å². The maximum atomic E-state index is 12.6. The van der Waals surface area contributed by atoms with Gasteiger partial charge >= 0.3 is 0 Å². The smallest absolute Gasteiger partial charge is 0.255 e. The highest BCUT2D eigenvalue weighted by molar-refractivity contribution is 6.33. The van der Waals surface area contributed by atoms with Crippen molar-refractivity contribution in [2.75, 3.05) is 32.7 Å². The van der Waals surface area contributed by atoms with Gasteiger partial charge in [0.1, 0.15) is 11.7 Å². The molecule has 1 aromatic rings. The van der Waals surface area contributed by atoms with Gasteiger partial charge in [-0.15, -0.1) is 0 Å². The second kappa shape index (κ2) is 6.52. The fourth-order valence-corrected chi connectivity index (χ4v) is 3.52. The first-order chi connectivity index (χ1) is 12.1. The normalized spacial score (nSPS) is 22.6. The van der Waals surface area contributed by atoms with Crippen molar-refractivity contribution in [3.8, 4) is 0 Å². The Morgan fingerprint density at radius 3 is 2.72 bits per heavy atom. The highest BCUT2D eigenvalue weighted by Crippen LogP contribution is 2.21. The van der Waals surface area contributed by atoms with Crippen LogP contribution in [-0.2, 0) is 0 Å². The summed E-state index contributed by atoms with van der Waals surface area (Å²) in [7, 11) is 0. The average Bonchev–Trinajstić information content (AvgIpc) is 3.02. The van der Waals surface area contributed by atoms with Gasteiger partial charge in [-0.2, -0.15) is 0 Å². The molecule has 1 aromatic carbocycles. The van der Waals surface area contributed by atoms with Crippen molar-refractivity contribution in [1.29, 1.82) is 0 Å².